The Morgan fingerprint density at radius 3 is 2.79 bits per heavy atom. The molecule has 0 aromatic heterocycles. The molecule has 0 bridgehead atoms. The van der Waals surface area contributed by atoms with E-state index in [1.54, 1.807) is 24.6 Å². The summed E-state index contributed by atoms with van der Waals surface area (Å²) in [5.74, 6) is 0. The molecule has 0 aromatic carbocycles. The smallest absolute Gasteiger partial charge is 0.435 e. The van der Waals surface area contributed by atoms with Gasteiger partial charge in [0.2, 0.25) is 0 Å². The minimum absolute atomic E-state index is 0.0999. The van der Waals surface area contributed by atoms with Crippen LogP contribution in [0.5, 0.6) is 0 Å². The number of carbonyl (C=O) groups is 1. The number of amides is 1. The third-order valence-corrected chi connectivity index (χ3v) is 2.20. The third-order valence-electron chi connectivity index (χ3n) is 2.20. The summed E-state index contributed by atoms with van der Waals surface area (Å²) in [6, 6.07) is 0. The molecule has 76 valence electrons. The third kappa shape index (κ3) is 1.85. The van der Waals surface area contributed by atoms with Gasteiger partial charge in [0.05, 0.1) is 6.20 Å². The van der Waals surface area contributed by atoms with Crippen LogP contribution in [0.2, 0.25) is 0 Å². The van der Waals surface area contributed by atoms with Crippen LogP contribution in [0.25, 0.3) is 0 Å². The second kappa shape index (κ2) is 4.11. The maximum atomic E-state index is 11.1. The molecule has 4 heteroatoms. The van der Waals surface area contributed by atoms with Crippen molar-refractivity contribution in [2.75, 3.05) is 19.8 Å². The summed E-state index contributed by atoms with van der Waals surface area (Å²) >= 11 is 0. The van der Waals surface area contributed by atoms with Gasteiger partial charge in [-0.25, -0.2) is 0 Å². The van der Waals surface area contributed by atoms with Crippen LogP contribution in [-0.2, 0) is 0 Å². The van der Waals surface area contributed by atoms with Crippen molar-refractivity contribution in [1.82, 2.24) is 4.90 Å². The molecule has 0 aliphatic carbocycles. The van der Waals surface area contributed by atoms with Crippen molar-refractivity contribution in [3.05, 3.63) is 37.7 Å². The zero-order valence-electron chi connectivity index (χ0n) is 8.09. The van der Waals surface area contributed by atoms with Gasteiger partial charge < -0.3 is 10.0 Å². The lowest BCUT2D eigenvalue weighted by atomic mass is 10.4. The molecule has 0 saturated heterocycles. The van der Waals surface area contributed by atoms with Gasteiger partial charge in [-0.1, -0.05) is 12.7 Å². The van der Waals surface area contributed by atoms with Gasteiger partial charge in [-0.15, -0.1) is 6.58 Å². The van der Waals surface area contributed by atoms with Crippen LogP contribution in [0, 0.1) is 0 Å². The highest BCUT2D eigenvalue weighted by atomic mass is 16.4. The van der Waals surface area contributed by atoms with E-state index in [0.717, 1.165) is 0 Å². The molecule has 0 spiro atoms. The van der Waals surface area contributed by atoms with E-state index >= 15 is 0 Å². The van der Waals surface area contributed by atoms with E-state index in [1.165, 1.54) is 0 Å². The molecule has 1 rings (SSSR count). The van der Waals surface area contributed by atoms with Gasteiger partial charge in [0.15, 0.2) is 6.67 Å². The maximum Gasteiger partial charge on any atom is 0.520 e. The Bertz CT molecular complexity index is 286. The number of quaternary nitrogens is 1. The Morgan fingerprint density at radius 1 is 1.57 bits per heavy atom. The second-order valence-electron chi connectivity index (χ2n) is 3.29. The van der Waals surface area contributed by atoms with E-state index in [1.807, 2.05) is 4.90 Å². The van der Waals surface area contributed by atoms with Gasteiger partial charge in [0.25, 0.3) is 0 Å². The number of hydrogen-bond acceptors (Lipinski definition) is 2. The van der Waals surface area contributed by atoms with Gasteiger partial charge in [-0.2, -0.15) is 9.28 Å². The molecule has 0 fully saturated rings. The Balaban J connectivity index is 2.75. The molecule has 1 atom stereocenters. The fraction of sp³-hybridized carbons (Fsp3) is 0.300. The molecule has 0 radical (unpaired) electrons. The predicted octanol–water partition coefficient (Wildman–Crippen LogP) is 1.60. The first kappa shape index (κ1) is 10.5. The molecule has 1 aliphatic rings. The van der Waals surface area contributed by atoms with Crippen molar-refractivity contribution in [3.8, 4) is 0 Å². The zero-order valence-corrected chi connectivity index (χ0v) is 8.09. The van der Waals surface area contributed by atoms with Gasteiger partial charge in [0, 0.05) is 6.54 Å². The number of carboxylic acid groups (broad SMARTS) is 1. The maximum absolute atomic E-state index is 11.1. The summed E-state index contributed by atoms with van der Waals surface area (Å²) < 4.78 is -0.0999. The summed E-state index contributed by atoms with van der Waals surface area (Å²) in [6.45, 7) is 8.69. The molecule has 14 heavy (non-hydrogen) atoms. The molecular formula is C10H15N2O2+. The lowest BCUT2D eigenvalue weighted by Crippen LogP contribution is -2.49. The van der Waals surface area contributed by atoms with Crippen molar-refractivity contribution >= 4 is 6.09 Å². The second-order valence-corrected chi connectivity index (χ2v) is 3.29. The highest BCUT2D eigenvalue weighted by Gasteiger charge is 2.38. The summed E-state index contributed by atoms with van der Waals surface area (Å²) in [7, 11) is 0. The minimum Gasteiger partial charge on any atom is -0.435 e. The van der Waals surface area contributed by atoms with Crippen LogP contribution in [0.4, 0.5) is 4.79 Å². The number of hydrogen-bond donors (Lipinski definition) is 1. The Kier molecular flexibility index (Phi) is 3.09. The number of nitrogens with zero attached hydrogens (tertiary/aromatic N) is 2. The summed E-state index contributed by atoms with van der Waals surface area (Å²) in [5.41, 5.74) is 0. The quantitative estimate of drug-likeness (QED) is 0.547. The average Bonchev–Trinajstić information content (AvgIpc) is 2.51. The molecular weight excluding hydrogens is 180 g/mol. The first-order chi connectivity index (χ1) is 6.64. The molecule has 1 N–H and O–H groups in total. The topological polar surface area (TPSA) is 40.5 Å². The highest BCUT2D eigenvalue weighted by molar-refractivity contribution is 5.58. The normalized spacial score (nSPS) is 25.0. The van der Waals surface area contributed by atoms with E-state index in [4.69, 9.17) is 5.11 Å². The fourth-order valence-corrected chi connectivity index (χ4v) is 1.48. The predicted molar refractivity (Wildman–Crippen MR) is 54.3 cm³/mol. The van der Waals surface area contributed by atoms with Crippen LogP contribution in [0.3, 0.4) is 0 Å². The van der Waals surface area contributed by atoms with E-state index in [-0.39, 0.29) is 4.48 Å². The first-order valence-electron chi connectivity index (χ1n) is 4.40. The van der Waals surface area contributed by atoms with Gasteiger partial charge in [-0.3, -0.25) is 0 Å². The monoisotopic (exact) mass is 195 g/mol. The summed E-state index contributed by atoms with van der Waals surface area (Å²) in [4.78, 5) is 13.0. The van der Waals surface area contributed by atoms with Gasteiger partial charge in [0.1, 0.15) is 12.7 Å². The van der Waals surface area contributed by atoms with E-state index in [9.17, 15) is 4.79 Å². The minimum atomic E-state index is -0.854. The molecule has 1 heterocycles. The Morgan fingerprint density at radius 2 is 2.29 bits per heavy atom. The van der Waals surface area contributed by atoms with Crippen LogP contribution in [0.15, 0.2) is 37.7 Å². The summed E-state index contributed by atoms with van der Waals surface area (Å²) in [6.07, 6.45) is 5.98. The van der Waals surface area contributed by atoms with Crippen LogP contribution < -0.4 is 0 Å². The SMILES string of the molecule is C=CCN1C=C[N+](CC=C)(C(=O)O)C1. The van der Waals surface area contributed by atoms with Gasteiger partial charge >= 0.3 is 6.09 Å². The zero-order chi connectivity index (χ0) is 10.6. The van der Waals surface area contributed by atoms with Crippen molar-refractivity contribution < 1.29 is 14.4 Å². The molecule has 1 unspecified atom stereocenters. The molecule has 1 amide bonds. The van der Waals surface area contributed by atoms with Crippen molar-refractivity contribution in [2.24, 2.45) is 0 Å². The lowest BCUT2D eigenvalue weighted by Gasteiger charge is -2.25. The Hall–Kier alpha value is -1.55. The Labute approximate surface area is 83.6 Å². The van der Waals surface area contributed by atoms with E-state index < -0.39 is 6.09 Å². The standard InChI is InChI=1S/C10H14N2O2/c1-3-5-11-6-8-12(9-11,7-4-2)10(13)14/h3-4,6,8H,1-2,5,7,9H2/p+1. The fourth-order valence-electron chi connectivity index (χ4n) is 1.48. The van der Waals surface area contributed by atoms with E-state index in [2.05, 4.69) is 13.2 Å². The van der Waals surface area contributed by atoms with E-state index in [0.29, 0.717) is 19.8 Å². The first-order valence-corrected chi connectivity index (χ1v) is 4.40. The average molecular weight is 195 g/mol. The van der Waals surface area contributed by atoms with Crippen molar-refractivity contribution in [3.63, 3.8) is 0 Å². The number of rotatable bonds is 4. The largest absolute Gasteiger partial charge is 0.520 e. The molecule has 1 aliphatic heterocycles. The molecule has 0 saturated carbocycles. The summed E-state index contributed by atoms with van der Waals surface area (Å²) in [5, 5.41) is 9.10. The highest BCUT2D eigenvalue weighted by Crippen LogP contribution is 2.18. The lowest BCUT2D eigenvalue weighted by molar-refractivity contribution is -0.801. The van der Waals surface area contributed by atoms with Crippen molar-refractivity contribution in [1.29, 1.82) is 0 Å². The molecule has 4 nitrogen and oxygen atoms in total. The molecule has 0 aromatic rings. The van der Waals surface area contributed by atoms with Crippen LogP contribution in [0.1, 0.15) is 0 Å². The van der Waals surface area contributed by atoms with Crippen molar-refractivity contribution in [2.45, 2.75) is 0 Å². The van der Waals surface area contributed by atoms with Crippen LogP contribution in [-0.4, -0.2) is 40.3 Å². The van der Waals surface area contributed by atoms with Gasteiger partial charge in [-0.05, 0) is 6.08 Å². The van der Waals surface area contributed by atoms with Crippen LogP contribution >= 0.6 is 0 Å².